The molecule has 2 aromatic carbocycles. The fourth-order valence-corrected chi connectivity index (χ4v) is 3.64. The monoisotopic (exact) mass is 408 g/mol. The summed E-state index contributed by atoms with van der Waals surface area (Å²) in [5, 5.41) is 7.32. The average Bonchev–Trinajstić information content (AvgIpc) is 3.16. The highest BCUT2D eigenvalue weighted by Gasteiger charge is 2.22. The number of hydrogen-bond acceptors (Lipinski definition) is 4. The third-order valence-corrected chi connectivity index (χ3v) is 5.30. The molecule has 1 saturated heterocycles. The summed E-state index contributed by atoms with van der Waals surface area (Å²) in [6.45, 7) is 3.82. The SMILES string of the molecule is O=C1CCN(Cc2cn[nH]c2-c2ccccc2)CCN1CCOc1ccc(F)cc1. The van der Waals surface area contributed by atoms with Gasteiger partial charge in [0.2, 0.25) is 5.91 Å². The molecule has 0 radical (unpaired) electrons. The highest BCUT2D eigenvalue weighted by molar-refractivity contribution is 5.76. The van der Waals surface area contributed by atoms with E-state index in [1.165, 1.54) is 12.1 Å². The second-order valence-electron chi connectivity index (χ2n) is 7.35. The number of nitrogens with one attached hydrogen (secondary N) is 1. The molecule has 1 N–H and O–H groups in total. The highest BCUT2D eigenvalue weighted by atomic mass is 19.1. The maximum atomic E-state index is 13.0. The molecule has 0 spiro atoms. The maximum absolute atomic E-state index is 13.0. The predicted molar refractivity (Wildman–Crippen MR) is 112 cm³/mol. The molecule has 0 atom stereocenters. The van der Waals surface area contributed by atoms with Crippen LogP contribution in [0.4, 0.5) is 4.39 Å². The summed E-state index contributed by atoms with van der Waals surface area (Å²) in [4.78, 5) is 16.6. The van der Waals surface area contributed by atoms with Crippen molar-refractivity contribution in [2.24, 2.45) is 0 Å². The van der Waals surface area contributed by atoms with Crippen molar-refractivity contribution in [2.45, 2.75) is 13.0 Å². The largest absolute Gasteiger partial charge is 0.492 e. The third-order valence-electron chi connectivity index (χ3n) is 5.30. The predicted octanol–water partition coefficient (Wildman–Crippen LogP) is 3.33. The van der Waals surface area contributed by atoms with Gasteiger partial charge in [-0.15, -0.1) is 0 Å². The molecule has 0 unspecified atom stereocenters. The minimum atomic E-state index is -0.293. The lowest BCUT2D eigenvalue weighted by molar-refractivity contribution is -0.130. The van der Waals surface area contributed by atoms with Crippen LogP contribution in [0.1, 0.15) is 12.0 Å². The van der Waals surface area contributed by atoms with Crippen LogP contribution in [0.15, 0.2) is 60.8 Å². The minimum absolute atomic E-state index is 0.135. The Bertz CT molecular complexity index is 959. The van der Waals surface area contributed by atoms with Gasteiger partial charge in [-0.3, -0.25) is 14.8 Å². The number of rotatable bonds is 7. The number of ether oxygens (including phenoxy) is 1. The summed E-state index contributed by atoms with van der Waals surface area (Å²) in [5.74, 6) is 0.447. The molecule has 7 heteroatoms. The first-order valence-corrected chi connectivity index (χ1v) is 10.2. The van der Waals surface area contributed by atoms with E-state index in [1.54, 1.807) is 12.1 Å². The van der Waals surface area contributed by atoms with E-state index in [2.05, 4.69) is 27.2 Å². The van der Waals surface area contributed by atoms with Crippen molar-refractivity contribution in [3.63, 3.8) is 0 Å². The van der Waals surface area contributed by atoms with Gasteiger partial charge < -0.3 is 9.64 Å². The van der Waals surface area contributed by atoms with Gasteiger partial charge in [-0.05, 0) is 29.8 Å². The van der Waals surface area contributed by atoms with Crippen molar-refractivity contribution in [1.82, 2.24) is 20.0 Å². The quantitative estimate of drug-likeness (QED) is 0.652. The zero-order chi connectivity index (χ0) is 20.8. The number of amides is 1. The van der Waals surface area contributed by atoms with E-state index in [9.17, 15) is 9.18 Å². The molecule has 1 aliphatic heterocycles. The van der Waals surface area contributed by atoms with Crippen molar-refractivity contribution in [3.05, 3.63) is 72.2 Å². The number of H-pyrrole nitrogens is 1. The standard InChI is InChI=1S/C23H25FN4O2/c24-20-6-8-21(9-7-20)30-15-14-28-13-12-27(11-10-22(28)29)17-19-16-25-26-23(19)18-4-2-1-3-5-18/h1-9,16H,10-15,17H2,(H,25,26). The van der Waals surface area contributed by atoms with Crippen LogP contribution < -0.4 is 4.74 Å². The molecule has 1 aromatic heterocycles. The first-order chi connectivity index (χ1) is 14.7. The van der Waals surface area contributed by atoms with Gasteiger partial charge in [-0.25, -0.2) is 4.39 Å². The lowest BCUT2D eigenvalue weighted by Gasteiger charge is -2.22. The summed E-state index contributed by atoms with van der Waals surface area (Å²) in [6, 6.07) is 16.1. The van der Waals surface area contributed by atoms with Crippen LogP contribution >= 0.6 is 0 Å². The fourth-order valence-electron chi connectivity index (χ4n) is 3.64. The normalized spacial score (nSPS) is 15.2. The Morgan fingerprint density at radius 3 is 2.63 bits per heavy atom. The molecular formula is C23H25FN4O2. The Balaban J connectivity index is 1.31. The van der Waals surface area contributed by atoms with Crippen LogP contribution in [-0.2, 0) is 11.3 Å². The van der Waals surface area contributed by atoms with E-state index in [4.69, 9.17) is 4.74 Å². The van der Waals surface area contributed by atoms with Gasteiger partial charge in [0.05, 0.1) is 18.4 Å². The van der Waals surface area contributed by atoms with Crippen molar-refractivity contribution >= 4 is 5.91 Å². The van der Waals surface area contributed by atoms with Gasteiger partial charge in [0, 0.05) is 38.2 Å². The highest BCUT2D eigenvalue weighted by Crippen LogP contribution is 2.22. The second-order valence-corrected chi connectivity index (χ2v) is 7.35. The van der Waals surface area contributed by atoms with Crippen LogP contribution in [-0.4, -0.2) is 58.7 Å². The van der Waals surface area contributed by atoms with Gasteiger partial charge in [0.1, 0.15) is 18.2 Å². The smallest absolute Gasteiger partial charge is 0.224 e. The van der Waals surface area contributed by atoms with E-state index < -0.39 is 0 Å². The topological polar surface area (TPSA) is 61.5 Å². The number of hydrogen-bond donors (Lipinski definition) is 1. The molecular weight excluding hydrogens is 383 g/mol. The van der Waals surface area contributed by atoms with Crippen molar-refractivity contribution in [1.29, 1.82) is 0 Å². The number of carbonyl (C=O) groups excluding carboxylic acids is 1. The average molecular weight is 408 g/mol. The summed E-state index contributed by atoms with van der Waals surface area (Å²) in [6.07, 6.45) is 2.35. The Morgan fingerprint density at radius 2 is 1.83 bits per heavy atom. The summed E-state index contributed by atoms with van der Waals surface area (Å²) in [5.41, 5.74) is 3.26. The number of aromatic amines is 1. The number of carbonyl (C=O) groups is 1. The fraction of sp³-hybridized carbons (Fsp3) is 0.304. The molecule has 156 valence electrons. The van der Waals surface area contributed by atoms with E-state index in [-0.39, 0.29) is 11.7 Å². The molecule has 3 aromatic rings. The zero-order valence-electron chi connectivity index (χ0n) is 16.8. The third kappa shape index (κ3) is 5.04. The molecule has 0 bridgehead atoms. The molecule has 0 saturated carbocycles. The minimum Gasteiger partial charge on any atom is -0.492 e. The molecule has 1 fully saturated rings. The lowest BCUT2D eigenvalue weighted by Crippen LogP contribution is -2.36. The lowest BCUT2D eigenvalue weighted by atomic mass is 10.1. The van der Waals surface area contributed by atoms with Crippen LogP contribution in [0, 0.1) is 5.82 Å². The molecule has 4 rings (SSSR count). The van der Waals surface area contributed by atoms with Gasteiger partial charge in [-0.2, -0.15) is 5.10 Å². The molecule has 1 aliphatic rings. The van der Waals surface area contributed by atoms with Gasteiger partial charge in [0.15, 0.2) is 0 Å². The molecule has 30 heavy (non-hydrogen) atoms. The number of halogens is 1. The van der Waals surface area contributed by atoms with Crippen molar-refractivity contribution in [2.75, 3.05) is 32.8 Å². The van der Waals surface area contributed by atoms with Crippen LogP contribution in [0.5, 0.6) is 5.75 Å². The Kier molecular flexibility index (Phi) is 6.39. The van der Waals surface area contributed by atoms with Crippen molar-refractivity contribution < 1.29 is 13.9 Å². The van der Waals surface area contributed by atoms with Crippen LogP contribution in [0.3, 0.4) is 0 Å². The molecule has 1 amide bonds. The molecule has 2 heterocycles. The van der Waals surface area contributed by atoms with E-state index in [0.717, 1.165) is 29.9 Å². The Hall–Kier alpha value is -3.19. The summed E-state index contributed by atoms with van der Waals surface area (Å²) in [7, 11) is 0. The molecule has 6 nitrogen and oxygen atoms in total. The van der Waals surface area contributed by atoms with E-state index >= 15 is 0 Å². The van der Waals surface area contributed by atoms with Crippen molar-refractivity contribution in [3.8, 4) is 17.0 Å². The Labute approximate surface area is 175 Å². The zero-order valence-corrected chi connectivity index (χ0v) is 16.8. The number of aromatic nitrogens is 2. The van der Waals surface area contributed by atoms with Gasteiger partial charge in [-0.1, -0.05) is 30.3 Å². The van der Waals surface area contributed by atoms with E-state index in [0.29, 0.717) is 38.4 Å². The Morgan fingerprint density at radius 1 is 1.03 bits per heavy atom. The first-order valence-electron chi connectivity index (χ1n) is 10.2. The van der Waals surface area contributed by atoms with Crippen LogP contribution in [0.25, 0.3) is 11.3 Å². The summed E-state index contributed by atoms with van der Waals surface area (Å²) < 4.78 is 18.6. The number of benzene rings is 2. The molecule has 0 aliphatic carbocycles. The second kappa shape index (κ2) is 9.54. The van der Waals surface area contributed by atoms with Gasteiger partial charge in [0.25, 0.3) is 0 Å². The van der Waals surface area contributed by atoms with Crippen LogP contribution in [0.2, 0.25) is 0 Å². The van der Waals surface area contributed by atoms with E-state index in [1.807, 2.05) is 29.3 Å². The summed E-state index contributed by atoms with van der Waals surface area (Å²) >= 11 is 0. The first kappa shape index (κ1) is 20.1. The maximum Gasteiger partial charge on any atom is 0.224 e. The number of nitrogens with zero attached hydrogens (tertiary/aromatic N) is 3. The van der Waals surface area contributed by atoms with Gasteiger partial charge >= 0.3 is 0 Å².